The molecular formula is C39H53F3N4O3. The molecule has 10 heteroatoms. The van der Waals surface area contributed by atoms with Gasteiger partial charge in [-0.1, -0.05) is 44.4 Å². The lowest BCUT2D eigenvalue weighted by Gasteiger charge is -2.37. The second kappa shape index (κ2) is 14.2. The highest BCUT2D eigenvalue weighted by molar-refractivity contribution is 5.85. The minimum atomic E-state index is -4.47. The van der Waals surface area contributed by atoms with Crippen molar-refractivity contribution in [1.29, 1.82) is 0 Å². The third kappa shape index (κ3) is 7.04. The van der Waals surface area contributed by atoms with Crippen LogP contribution in [0, 0.1) is 17.3 Å². The van der Waals surface area contributed by atoms with Gasteiger partial charge in [-0.2, -0.15) is 13.2 Å². The Hall–Kier alpha value is -3.27. The number of anilines is 1. The molecule has 3 saturated heterocycles. The summed E-state index contributed by atoms with van der Waals surface area (Å²) in [6, 6.07) is 12.8. The van der Waals surface area contributed by atoms with E-state index in [-0.39, 0.29) is 35.5 Å². The zero-order valence-corrected chi connectivity index (χ0v) is 29.8. The van der Waals surface area contributed by atoms with E-state index in [1.165, 1.54) is 37.8 Å². The number of alkyl halides is 3. The van der Waals surface area contributed by atoms with Crippen molar-refractivity contribution in [2.75, 3.05) is 65.4 Å². The van der Waals surface area contributed by atoms with Crippen LogP contribution in [-0.2, 0) is 15.8 Å². The lowest BCUT2D eigenvalue weighted by molar-refractivity contribution is -0.140. The van der Waals surface area contributed by atoms with Gasteiger partial charge in [0.1, 0.15) is 5.75 Å². The number of ether oxygens (including phenoxy) is 1. The van der Waals surface area contributed by atoms with E-state index in [1.807, 2.05) is 21.9 Å². The topological polar surface area (TPSA) is 56.3 Å². The van der Waals surface area contributed by atoms with Crippen LogP contribution < -0.4 is 9.64 Å². The maximum Gasteiger partial charge on any atom is 0.416 e. The molecule has 0 radical (unpaired) electrons. The van der Waals surface area contributed by atoms with Gasteiger partial charge < -0.3 is 19.4 Å². The third-order valence-corrected chi connectivity index (χ3v) is 12.2. The second-order valence-electron chi connectivity index (χ2n) is 15.4. The molecule has 0 spiro atoms. The highest BCUT2D eigenvalue weighted by atomic mass is 19.4. The zero-order valence-electron chi connectivity index (χ0n) is 29.8. The van der Waals surface area contributed by atoms with Gasteiger partial charge in [-0.3, -0.25) is 14.5 Å². The summed E-state index contributed by atoms with van der Waals surface area (Å²) < 4.78 is 47.6. The lowest BCUT2D eigenvalue weighted by Crippen LogP contribution is -2.46. The monoisotopic (exact) mass is 682 g/mol. The van der Waals surface area contributed by atoms with E-state index < -0.39 is 17.2 Å². The Balaban J connectivity index is 1.29. The highest BCUT2D eigenvalue weighted by Crippen LogP contribution is 2.49. The number of piperidine rings is 1. The number of likely N-dealkylation sites (tertiary alicyclic amines) is 2. The molecule has 268 valence electrons. The zero-order chi connectivity index (χ0) is 35.1. The molecule has 0 N–H and O–H groups in total. The molecule has 2 amide bonds. The van der Waals surface area contributed by atoms with E-state index in [9.17, 15) is 22.8 Å². The fraction of sp³-hybridized carbons (Fsp3) is 0.641. The Kier molecular flexibility index (Phi) is 10.3. The number of nitrogens with zero attached hydrogens (tertiary/aromatic N) is 4. The van der Waals surface area contributed by atoms with Gasteiger partial charge in [-0.15, -0.1) is 0 Å². The number of benzene rings is 2. The van der Waals surface area contributed by atoms with Crippen molar-refractivity contribution in [3.8, 4) is 5.75 Å². The largest absolute Gasteiger partial charge is 0.497 e. The molecule has 6 rings (SSSR count). The van der Waals surface area contributed by atoms with E-state index in [0.717, 1.165) is 29.8 Å². The van der Waals surface area contributed by atoms with Crippen molar-refractivity contribution in [3.05, 3.63) is 59.2 Å². The molecule has 4 fully saturated rings. The van der Waals surface area contributed by atoms with Gasteiger partial charge in [0.15, 0.2) is 0 Å². The van der Waals surface area contributed by atoms with Crippen LogP contribution >= 0.6 is 0 Å². The number of halogens is 3. The van der Waals surface area contributed by atoms with E-state index in [4.69, 9.17) is 4.74 Å². The van der Waals surface area contributed by atoms with E-state index in [1.54, 1.807) is 32.2 Å². The highest BCUT2D eigenvalue weighted by Gasteiger charge is 2.53. The maximum absolute atomic E-state index is 14.9. The first-order valence-corrected chi connectivity index (χ1v) is 18.2. The predicted octanol–water partition coefficient (Wildman–Crippen LogP) is 7.02. The van der Waals surface area contributed by atoms with Gasteiger partial charge in [-0.05, 0) is 73.9 Å². The van der Waals surface area contributed by atoms with Crippen molar-refractivity contribution in [2.45, 2.75) is 82.8 Å². The van der Waals surface area contributed by atoms with Crippen molar-refractivity contribution in [2.24, 2.45) is 17.3 Å². The molecule has 3 heterocycles. The van der Waals surface area contributed by atoms with Crippen LogP contribution in [0.25, 0.3) is 0 Å². The van der Waals surface area contributed by atoms with Crippen LogP contribution in [-0.4, -0.2) is 93.0 Å². The molecular weight excluding hydrogens is 629 g/mol. The van der Waals surface area contributed by atoms with Gasteiger partial charge in [-0.25, -0.2) is 0 Å². The SMILES string of the molecule is CC[C@H]1CN(C(=O)[C@]2(C)CN(C3CCCC3)C[C@H]2c2ccc(OC)cc2)C[C@@H]1c1ccc(C(F)(F)F)cc1N1CCC(C(=O)N(C)C)CC1. The molecule has 2 aromatic rings. The minimum absolute atomic E-state index is 0.0263. The minimum Gasteiger partial charge on any atom is -0.497 e. The lowest BCUT2D eigenvalue weighted by atomic mass is 9.75. The fourth-order valence-electron chi connectivity index (χ4n) is 9.31. The normalized spacial score (nSPS) is 27.2. The van der Waals surface area contributed by atoms with Crippen LogP contribution in [0.1, 0.15) is 87.3 Å². The molecule has 1 saturated carbocycles. The Labute approximate surface area is 289 Å². The van der Waals surface area contributed by atoms with Crippen LogP contribution in [0.15, 0.2) is 42.5 Å². The Morgan fingerprint density at radius 1 is 0.959 bits per heavy atom. The first kappa shape index (κ1) is 35.6. The molecule has 0 bridgehead atoms. The summed E-state index contributed by atoms with van der Waals surface area (Å²) in [5.74, 6) is 0.949. The van der Waals surface area contributed by atoms with E-state index in [0.29, 0.717) is 57.3 Å². The predicted molar refractivity (Wildman–Crippen MR) is 186 cm³/mol. The van der Waals surface area contributed by atoms with Crippen LogP contribution in [0.4, 0.5) is 18.9 Å². The van der Waals surface area contributed by atoms with E-state index in [2.05, 4.69) is 30.9 Å². The van der Waals surface area contributed by atoms with Gasteiger partial charge in [0.2, 0.25) is 11.8 Å². The van der Waals surface area contributed by atoms with Crippen molar-refractivity contribution >= 4 is 17.5 Å². The summed E-state index contributed by atoms with van der Waals surface area (Å²) in [6.45, 7) is 7.91. The Bertz CT molecular complexity index is 1480. The Morgan fingerprint density at radius 2 is 1.63 bits per heavy atom. The first-order chi connectivity index (χ1) is 23.3. The molecule has 3 aliphatic heterocycles. The first-order valence-electron chi connectivity index (χ1n) is 18.2. The molecule has 7 nitrogen and oxygen atoms in total. The smallest absolute Gasteiger partial charge is 0.416 e. The van der Waals surface area contributed by atoms with Gasteiger partial charge in [0.25, 0.3) is 0 Å². The van der Waals surface area contributed by atoms with Crippen LogP contribution in [0.3, 0.4) is 0 Å². The Morgan fingerprint density at radius 3 is 2.22 bits per heavy atom. The average Bonchev–Trinajstić information content (AvgIpc) is 3.87. The van der Waals surface area contributed by atoms with Gasteiger partial charge in [0.05, 0.1) is 18.1 Å². The number of hydrogen-bond acceptors (Lipinski definition) is 5. The number of hydrogen-bond donors (Lipinski definition) is 0. The second-order valence-corrected chi connectivity index (χ2v) is 15.4. The summed E-state index contributed by atoms with van der Waals surface area (Å²) in [5.41, 5.74) is 1.32. The summed E-state index contributed by atoms with van der Waals surface area (Å²) in [5, 5.41) is 0. The molecule has 0 aromatic heterocycles. The number of carbonyl (C=O) groups excluding carboxylic acids is 2. The van der Waals surface area contributed by atoms with Gasteiger partial charge in [0, 0.05) is 82.8 Å². The van der Waals surface area contributed by atoms with Crippen molar-refractivity contribution in [3.63, 3.8) is 0 Å². The van der Waals surface area contributed by atoms with Gasteiger partial charge >= 0.3 is 6.18 Å². The van der Waals surface area contributed by atoms with Crippen molar-refractivity contribution < 1.29 is 27.5 Å². The molecule has 1 aliphatic carbocycles. The maximum atomic E-state index is 14.9. The molecule has 4 aliphatic rings. The molecule has 0 unspecified atom stereocenters. The molecule has 4 atom stereocenters. The fourth-order valence-corrected chi connectivity index (χ4v) is 9.31. The number of methoxy groups -OCH3 is 1. The number of carbonyl (C=O) groups is 2. The van der Waals surface area contributed by atoms with E-state index >= 15 is 0 Å². The quantitative estimate of drug-likeness (QED) is 0.300. The summed E-state index contributed by atoms with van der Waals surface area (Å²) >= 11 is 0. The molecule has 2 aromatic carbocycles. The summed E-state index contributed by atoms with van der Waals surface area (Å²) in [4.78, 5) is 35.8. The molecule has 49 heavy (non-hydrogen) atoms. The standard InChI is InChI=1S/C39H53F3N4O3/c1-6-26-22-45(37(48)38(2)25-46(30-9-7-8-10-30)24-34(38)27-11-14-31(49-5)15-12-27)23-33(26)32-16-13-29(39(40,41)42)21-35(32)44-19-17-28(18-20-44)36(47)43(3)4/h11-16,21,26,28,30,33-34H,6-10,17-20,22-25H2,1-5H3/t26-,33-,34-,38+/m0/s1. The third-order valence-electron chi connectivity index (χ3n) is 12.2. The average molecular weight is 683 g/mol. The summed E-state index contributed by atoms with van der Waals surface area (Å²) in [6.07, 6.45) is 2.34. The van der Waals surface area contributed by atoms with Crippen LogP contribution in [0.5, 0.6) is 5.75 Å². The van der Waals surface area contributed by atoms with Crippen molar-refractivity contribution in [1.82, 2.24) is 14.7 Å². The number of amides is 2. The summed E-state index contributed by atoms with van der Waals surface area (Å²) in [7, 11) is 5.15. The van der Waals surface area contributed by atoms with Crippen LogP contribution in [0.2, 0.25) is 0 Å². The number of rotatable bonds is 8.